The van der Waals surface area contributed by atoms with Gasteiger partial charge in [0, 0.05) is 26.6 Å². The van der Waals surface area contributed by atoms with Crippen LogP contribution < -0.4 is 4.90 Å². The molecule has 1 aromatic rings. The number of halogens is 1. The smallest absolute Gasteiger partial charge is 0.235 e. The minimum absolute atomic E-state index is 0. The van der Waals surface area contributed by atoms with Crippen molar-refractivity contribution < 1.29 is 13.8 Å². The summed E-state index contributed by atoms with van der Waals surface area (Å²) in [6.45, 7) is 2.45. The molecular weight excluding hydrogens is 446 g/mol. The monoisotopic (exact) mass is 481 g/mol. The number of amides is 2. The lowest BCUT2D eigenvalue weighted by atomic mass is 9.73. The summed E-state index contributed by atoms with van der Waals surface area (Å²) in [4.78, 5) is 32.2. The van der Waals surface area contributed by atoms with Gasteiger partial charge in [0.1, 0.15) is 0 Å². The molecule has 6 nitrogen and oxygen atoms in total. The zero-order valence-corrected chi connectivity index (χ0v) is 20.9. The zero-order chi connectivity index (χ0) is 22.0. The average Bonchev–Trinajstić information content (AvgIpc) is 3.16. The Bertz CT molecular complexity index is 872. The molecule has 3 aliphatic rings. The van der Waals surface area contributed by atoms with Crippen LogP contribution in [0.15, 0.2) is 23.1 Å². The number of carbonyl (C=O) groups excluding carboxylic acids is 2. The minimum Gasteiger partial charge on any atom is -0.361 e. The highest BCUT2D eigenvalue weighted by atomic mass is 35.5. The van der Waals surface area contributed by atoms with E-state index in [4.69, 9.17) is 0 Å². The molecular formula is C24H36ClN3O3S. The molecule has 1 saturated heterocycles. The second-order valence-corrected chi connectivity index (χ2v) is 11.0. The summed E-state index contributed by atoms with van der Waals surface area (Å²) in [5.74, 6) is 0.729. The third-order valence-electron chi connectivity index (χ3n) is 7.25. The average molecular weight is 482 g/mol. The molecule has 32 heavy (non-hydrogen) atoms. The Labute approximate surface area is 200 Å². The molecule has 2 amide bonds. The van der Waals surface area contributed by atoms with Gasteiger partial charge in [0.25, 0.3) is 0 Å². The fourth-order valence-corrected chi connectivity index (χ4v) is 6.69. The summed E-state index contributed by atoms with van der Waals surface area (Å²) in [6.07, 6.45) is 8.33. The predicted molar refractivity (Wildman–Crippen MR) is 131 cm³/mol. The summed E-state index contributed by atoms with van der Waals surface area (Å²) < 4.78 is 12.2. The van der Waals surface area contributed by atoms with Crippen molar-refractivity contribution in [1.29, 1.82) is 0 Å². The van der Waals surface area contributed by atoms with Crippen LogP contribution in [-0.2, 0) is 26.8 Å². The second-order valence-electron chi connectivity index (χ2n) is 9.60. The summed E-state index contributed by atoms with van der Waals surface area (Å²) in [5.41, 5.74) is 1.94. The van der Waals surface area contributed by atoms with E-state index in [9.17, 15) is 13.8 Å². The zero-order valence-electron chi connectivity index (χ0n) is 19.3. The van der Waals surface area contributed by atoms with E-state index in [2.05, 4.69) is 30.1 Å². The van der Waals surface area contributed by atoms with Crippen molar-refractivity contribution in [1.82, 2.24) is 9.80 Å². The third-order valence-corrected chi connectivity index (χ3v) is 8.68. The Balaban J connectivity index is 0.00000289. The van der Waals surface area contributed by atoms with Gasteiger partial charge >= 0.3 is 0 Å². The predicted octanol–water partition coefficient (Wildman–Crippen LogP) is 3.59. The van der Waals surface area contributed by atoms with E-state index in [0.29, 0.717) is 18.8 Å². The fourth-order valence-electron chi connectivity index (χ4n) is 5.32. The maximum absolute atomic E-state index is 12.9. The SMILES string of the molecule is CN(CCCCN1C(=O)CC2(CCCCC2)C1=O)CCc1ccc2c(c1)S(=O)CN2C.Cl. The van der Waals surface area contributed by atoms with Crippen LogP contribution in [-0.4, -0.2) is 65.4 Å². The number of likely N-dealkylation sites (N-methyl/N-ethyl adjacent to an activating group) is 1. The summed E-state index contributed by atoms with van der Waals surface area (Å²) in [6, 6.07) is 6.31. The van der Waals surface area contributed by atoms with Crippen molar-refractivity contribution in [2.24, 2.45) is 5.41 Å². The van der Waals surface area contributed by atoms with Gasteiger partial charge in [0.15, 0.2) is 0 Å². The number of likely N-dealkylation sites (tertiary alicyclic amines) is 1. The van der Waals surface area contributed by atoms with Crippen LogP contribution in [0.5, 0.6) is 0 Å². The van der Waals surface area contributed by atoms with Crippen molar-refractivity contribution in [3.05, 3.63) is 23.8 Å². The first-order chi connectivity index (χ1) is 14.9. The summed E-state index contributed by atoms with van der Waals surface area (Å²) >= 11 is 0. The molecule has 178 valence electrons. The molecule has 0 radical (unpaired) electrons. The molecule has 1 atom stereocenters. The molecule has 8 heteroatoms. The van der Waals surface area contributed by atoms with E-state index in [0.717, 1.165) is 68.6 Å². The van der Waals surface area contributed by atoms with Gasteiger partial charge in [-0.25, -0.2) is 0 Å². The van der Waals surface area contributed by atoms with E-state index in [1.54, 1.807) is 4.90 Å². The maximum atomic E-state index is 12.9. The largest absolute Gasteiger partial charge is 0.361 e. The number of nitrogens with zero attached hydrogens (tertiary/aromatic N) is 3. The van der Waals surface area contributed by atoms with E-state index < -0.39 is 10.8 Å². The van der Waals surface area contributed by atoms with Crippen LogP contribution in [0, 0.1) is 5.41 Å². The van der Waals surface area contributed by atoms with Crippen molar-refractivity contribution in [2.45, 2.75) is 62.7 Å². The number of carbonyl (C=O) groups is 2. The first-order valence-corrected chi connectivity index (χ1v) is 13.0. The highest BCUT2D eigenvalue weighted by Crippen LogP contribution is 2.45. The number of benzene rings is 1. The standard InChI is InChI=1S/C24H35N3O3S.ClH/c1-25(15-10-19-8-9-20-21(16-19)31(30)18-26(20)2)13-6-7-14-27-22(28)17-24(23(27)29)11-4-3-5-12-24;/h8-9,16H,3-7,10-15,17-18H2,1-2H3;1H. The minimum atomic E-state index is -0.918. The fraction of sp³-hybridized carbons (Fsp3) is 0.667. The van der Waals surface area contributed by atoms with Crippen LogP contribution in [0.4, 0.5) is 5.69 Å². The molecule has 1 unspecified atom stereocenters. The van der Waals surface area contributed by atoms with Crippen molar-refractivity contribution in [3.63, 3.8) is 0 Å². The molecule has 1 saturated carbocycles. The van der Waals surface area contributed by atoms with Gasteiger partial charge in [-0.05, 0) is 63.4 Å². The number of imide groups is 1. The van der Waals surface area contributed by atoms with E-state index in [1.807, 2.05) is 11.9 Å². The van der Waals surface area contributed by atoms with E-state index >= 15 is 0 Å². The van der Waals surface area contributed by atoms with Gasteiger partial charge < -0.3 is 9.80 Å². The normalized spacial score (nSPS) is 22.0. The number of hydrogen-bond donors (Lipinski definition) is 0. The van der Waals surface area contributed by atoms with Crippen molar-refractivity contribution in [3.8, 4) is 0 Å². The lowest BCUT2D eigenvalue weighted by Gasteiger charge is -2.30. The first kappa shape index (κ1) is 25.2. The van der Waals surface area contributed by atoms with Gasteiger partial charge in [-0.15, -0.1) is 12.4 Å². The number of unbranched alkanes of at least 4 members (excludes halogenated alkanes) is 1. The number of fused-ring (bicyclic) bond motifs is 1. The second kappa shape index (κ2) is 10.7. The molecule has 1 spiro atoms. The summed E-state index contributed by atoms with van der Waals surface area (Å²) in [7, 11) is 3.18. The maximum Gasteiger partial charge on any atom is 0.235 e. The molecule has 2 fully saturated rings. The summed E-state index contributed by atoms with van der Waals surface area (Å²) in [5, 5.41) is 0. The van der Waals surface area contributed by atoms with Crippen LogP contribution in [0.1, 0.15) is 56.9 Å². The molecule has 0 bridgehead atoms. The molecule has 2 heterocycles. The number of anilines is 1. The lowest BCUT2D eigenvalue weighted by Crippen LogP contribution is -2.37. The molecule has 4 rings (SSSR count). The van der Waals surface area contributed by atoms with Gasteiger partial charge in [-0.2, -0.15) is 0 Å². The van der Waals surface area contributed by atoms with Gasteiger partial charge in [0.05, 0.1) is 32.7 Å². The Kier molecular flexibility index (Phi) is 8.39. The van der Waals surface area contributed by atoms with E-state index in [1.165, 1.54) is 12.0 Å². The highest BCUT2D eigenvalue weighted by molar-refractivity contribution is 7.85. The Morgan fingerprint density at radius 1 is 1.09 bits per heavy atom. The quantitative estimate of drug-likeness (QED) is 0.419. The number of hydrogen-bond acceptors (Lipinski definition) is 5. The molecule has 0 N–H and O–H groups in total. The van der Waals surface area contributed by atoms with Crippen LogP contribution in [0.25, 0.3) is 0 Å². The topological polar surface area (TPSA) is 60.9 Å². The van der Waals surface area contributed by atoms with Crippen molar-refractivity contribution >= 4 is 40.7 Å². The molecule has 1 aliphatic carbocycles. The Morgan fingerprint density at radius 2 is 1.84 bits per heavy atom. The lowest BCUT2D eigenvalue weighted by molar-refractivity contribution is -0.142. The van der Waals surface area contributed by atoms with Crippen molar-refractivity contribution in [2.75, 3.05) is 44.5 Å². The van der Waals surface area contributed by atoms with Crippen LogP contribution in [0.3, 0.4) is 0 Å². The van der Waals surface area contributed by atoms with Gasteiger partial charge in [-0.1, -0.05) is 25.3 Å². The number of rotatable bonds is 8. The Morgan fingerprint density at radius 3 is 2.59 bits per heavy atom. The molecule has 1 aromatic carbocycles. The van der Waals surface area contributed by atoms with Gasteiger partial charge in [0.2, 0.25) is 11.8 Å². The third kappa shape index (κ3) is 5.20. The molecule has 0 aromatic heterocycles. The van der Waals surface area contributed by atoms with Crippen LogP contribution in [0.2, 0.25) is 0 Å². The van der Waals surface area contributed by atoms with Gasteiger partial charge in [-0.3, -0.25) is 18.7 Å². The highest BCUT2D eigenvalue weighted by Gasteiger charge is 2.51. The van der Waals surface area contributed by atoms with E-state index in [-0.39, 0.29) is 29.6 Å². The van der Waals surface area contributed by atoms with Crippen LogP contribution >= 0.6 is 12.4 Å². The Hall–Kier alpha value is -1.44. The first-order valence-electron chi connectivity index (χ1n) is 11.7. The molecule has 2 aliphatic heterocycles.